The first kappa shape index (κ1) is 23.3. The first-order valence-electron chi connectivity index (χ1n) is 9.40. The fraction of sp³-hybridized carbons (Fsp3) is 0.182. The summed E-state index contributed by atoms with van der Waals surface area (Å²) in [7, 11) is 0. The Kier molecular flexibility index (Phi) is 6.92. The van der Waals surface area contributed by atoms with Crippen molar-refractivity contribution in [3.05, 3.63) is 43.8 Å². The van der Waals surface area contributed by atoms with E-state index in [0.717, 1.165) is 15.8 Å². The monoisotopic (exact) mass is 536 g/mol. The molecule has 1 N–H and O–H groups in total. The van der Waals surface area contributed by atoms with Crippen molar-refractivity contribution in [3.8, 4) is 0 Å². The molecule has 0 aliphatic rings. The molecular formula is C22H16O4S6. The van der Waals surface area contributed by atoms with Crippen molar-refractivity contribution < 1.29 is 19.5 Å². The molecule has 164 valence electrons. The van der Waals surface area contributed by atoms with Crippen LogP contribution < -0.4 is 0 Å². The lowest BCUT2D eigenvalue weighted by Crippen LogP contribution is -1.89. The van der Waals surface area contributed by atoms with Crippen LogP contribution in [0.15, 0.2) is 23.6 Å². The largest absolute Gasteiger partial charge is 0.477 e. The Labute approximate surface area is 207 Å². The Bertz CT molecular complexity index is 1590. The number of aryl methyl sites for hydroxylation is 3. The third-order valence-corrected chi connectivity index (χ3v) is 12.3. The molecule has 0 atom stereocenters. The van der Waals surface area contributed by atoms with E-state index >= 15 is 0 Å². The van der Waals surface area contributed by atoms with Crippen molar-refractivity contribution in [2.24, 2.45) is 0 Å². The summed E-state index contributed by atoms with van der Waals surface area (Å²) in [6.45, 7) is 6.51. The lowest BCUT2D eigenvalue weighted by molar-refractivity contribution is -0.191. The van der Waals surface area contributed by atoms with Gasteiger partial charge in [-0.2, -0.15) is 9.59 Å². The maximum absolute atomic E-state index is 10.8. The van der Waals surface area contributed by atoms with Crippen molar-refractivity contribution in [1.29, 1.82) is 0 Å². The van der Waals surface area contributed by atoms with E-state index in [4.69, 9.17) is 14.7 Å². The smallest absolute Gasteiger partial charge is 0.373 e. The van der Waals surface area contributed by atoms with Crippen LogP contribution in [0.5, 0.6) is 0 Å². The molecule has 6 rings (SSSR count). The minimum atomic E-state index is -0.829. The van der Waals surface area contributed by atoms with Crippen LogP contribution in [0.25, 0.3) is 37.6 Å². The summed E-state index contributed by atoms with van der Waals surface area (Å²) in [5, 5.41) is 11.0. The third-order valence-electron chi connectivity index (χ3n) is 4.59. The highest BCUT2D eigenvalue weighted by atomic mass is 32.1. The molecule has 32 heavy (non-hydrogen) atoms. The number of fused-ring (bicyclic) bond motifs is 6. The SMILES string of the molecule is CCc1cc2sc3cc(C)sc3c2s1.Cc1csc2c1sc1cc(C(=O)O)sc12.O=C=O. The minimum absolute atomic E-state index is 0.250. The van der Waals surface area contributed by atoms with Gasteiger partial charge in [-0.05, 0) is 49.4 Å². The van der Waals surface area contributed by atoms with Crippen molar-refractivity contribution in [1.82, 2.24) is 0 Å². The molecule has 0 radical (unpaired) electrons. The van der Waals surface area contributed by atoms with Crippen molar-refractivity contribution in [2.45, 2.75) is 27.2 Å². The normalized spacial score (nSPS) is 10.8. The van der Waals surface area contributed by atoms with E-state index in [0.29, 0.717) is 4.88 Å². The molecule has 0 amide bonds. The number of carbonyl (C=O) groups excluding carboxylic acids is 2. The highest BCUT2D eigenvalue weighted by Gasteiger charge is 2.15. The molecule has 0 fully saturated rings. The summed E-state index contributed by atoms with van der Waals surface area (Å²) >= 11 is 10.6. The predicted octanol–water partition coefficient (Wildman–Crippen LogP) is 8.65. The molecular weight excluding hydrogens is 521 g/mol. The Balaban J connectivity index is 0.000000137. The molecule has 0 aliphatic carbocycles. The van der Waals surface area contributed by atoms with Crippen molar-refractivity contribution in [3.63, 3.8) is 0 Å². The fourth-order valence-corrected chi connectivity index (χ4v) is 10.9. The molecule has 4 nitrogen and oxygen atoms in total. The quantitative estimate of drug-likeness (QED) is 0.240. The number of carboxylic acids is 1. The number of aromatic carboxylic acids is 1. The van der Waals surface area contributed by atoms with Gasteiger partial charge in [0.1, 0.15) is 4.88 Å². The number of hydrogen-bond donors (Lipinski definition) is 1. The standard InChI is InChI=1S/C11H10S3.C10H6O2S3.CO2/c1-3-7-5-9-11(13-7)10-8(14-9)4-6(2)12-10;1-4-3-13-9-7(4)14-5-2-6(10(11)12)15-8(5)9;2-1-3/h4-5H,3H2,1-2H3;2-3H,1H3,(H,11,12);. The zero-order valence-electron chi connectivity index (χ0n) is 17.1. The van der Waals surface area contributed by atoms with Crippen LogP contribution in [0, 0.1) is 13.8 Å². The summed E-state index contributed by atoms with van der Waals surface area (Å²) in [4.78, 5) is 30.5. The molecule has 0 bridgehead atoms. The second kappa shape index (κ2) is 9.52. The van der Waals surface area contributed by atoms with Gasteiger partial charge in [-0.15, -0.1) is 68.0 Å². The molecule has 6 aromatic rings. The van der Waals surface area contributed by atoms with Gasteiger partial charge in [-0.25, -0.2) is 4.79 Å². The topological polar surface area (TPSA) is 71.4 Å². The van der Waals surface area contributed by atoms with Crippen LogP contribution >= 0.6 is 68.0 Å². The first-order chi connectivity index (χ1) is 15.4. The van der Waals surface area contributed by atoms with Crippen molar-refractivity contribution in [2.75, 3.05) is 0 Å². The van der Waals surface area contributed by atoms with Gasteiger partial charge in [0, 0.05) is 23.9 Å². The second-order valence-corrected chi connectivity index (χ2v) is 13.2. The van der Waals surface area contributed by atoms with E-state index in [-0.39, 0.29) is 6.15 Å². The summed E-state index contributed by atoms with van der Waals surface area (Å²) < 4.78 is 10.7. The van der Waals surface area contributed by atoms with Gasteiger partial charge in [0.15, 0.2) is 0 Å². The lowest BCUT2D eigenvalue weighted by atomic mass is 10.3. The van der Waals surface area contributed by atoms with Crippen LogP contribution in [0.4, 0.5) is 0 Å². The molecule has 0 aliphatic heterocycles. The summed E-state index contributed by atoms with van der Waals surface area (Å²) in [6, 6.07) is 6.44. The lowest BCUT2D eigenvalue weighted by Gasteiger charge is -1.82. The van der Waals surface area contributed by atoms with Crippen LogP contribution in [0.1, 0.15) is 31.9 Å². The van der Waals surface area contributed by atoms with E-state index in [9.17, 15) is 4.79 Å². The van der Waals surface area contributed by atoms with Gasteiger partial charge in [0.05, 0.1) is 23.5 Å². The van der Waals surface area contributed by atoms with Crippen LogP contribution in [-0.4, -0.2) is 17.2 Å². The Morgan fingerprint density at radius 1 is 0.844 bits per heavy atom. The average Bonchev–Trinajstić information content (AvgIpc) is 3.53. The first-order valence-corrected chi connectivity index (χ1v) is 14.4. The van der Waals surface area contributed by atoms with E-state index in [2.05, 4.69) is 38.3 Å². The van der Waals surface area contributed by atoms with Crippen LogP contribution in [0.2, 0.25) is 0 Å². The van der Waals surface area contributed by atoms with Gasteiger partial charge in [0.25, 0.3) is 0 Å². The fourth-order valence-electron chi connectivity index (χ4n) is 3.21. The maximum Gasteiger partial charge on any atom is 0.373 e. The molecule has 0 spiro atoms. The van der Waals surface area contributed by atoms with Gasteiger partial charge in [0.2, 0.25) is 0 Å². The summed E-state index contributed by atoms with van der Waals surface area (Å²) in [5.41, 5.74) is 1.29. The number of carbonyl (C=O) groups is 1. The second-order valence-electron chi connectivity index (χ2n) is 6.78. The summed E-state index contributed by atoms with van der Waals surface area (Å²) in [5.74, 6) is -0.829. The Morgan fingerprint density at radius 3 is 2.16 bits per heavy atom. The van der Waals surface area contributed by atoms with Crippen LogP contribution in [-0.2, 0) is 16.0 Å². The molecule has 0 aromatic carbocycles. The number of hydrogen-bond acceptors (Lipinski definition) is 9. The molecule has 0 saturated heterocycles. The zero-order valence-corrected chi connectivity index (χ0v) is 22.0. The summed E-state index contributed by atoms with van der Waals surface area (Å²) in [6.07, 6.45) is 1.41. The molecule has 0 unspecified atom stereocenters. The highest BCUT2D eigenvalue weighted by Crippen LogP contribution is 2.44. The van der Waals surface area contributed by atoms with E-state index in [1.54, 1.807) is 28.7 Å². The minimum Gasteiger partial charge on any atom is -0.477 e. The van der Waals surface area contributed by atoms with Gasteiger partial charge in [-0.1, -0.05) is 6.92 Å². The van der Waals surface area contributed by atoms with Gasteiger partial charge in [-0.3, -0.25) is 0 Å². The predicted molar refractivity (Wildman–Crippen MR) is 141 cm³/mol. The van der Waals surface area contributed by atoms with Crippen LogP contribution in [0.3, 0.4) is 0 Å². The number of thiophene rings is 6. The molecule has 6 aromatic heterocycles. The number of rotatable bonds is 2. The number of carboxylic acid groups (broad SMARTS) is 1. The molecule has 0 saturated carbocycles. The highest BCUT2D eigenvalue weighted by molar-refractivity contribution is 7.39. The van der Waals surface area contributed by atoms with E-state index in [1.165, 1.54) is 54.9 Å². The average molecular weight is 537 g/mol. The Morgan fingerprint density at radius 2 is 1.47 bits per heavy atom. The zero-order chi connectivity index (χ0) is 23.0. The molecule has 10 heteroatoms. The Hall–Kier alpha value is -1.91. The third kappa shape index (κ3) is 4.32. The van der Waals surface area contributed by atoms with E-state index in [1.807, 2.05) is 34.0 Å². The van der Waals surface area contributed by atoms with E-state index < -0.39 is 5.97 Å². The van der Waals surface area contributed by atoms with Crippen molar-refractivity contribution >= 4 is 118 Å². The van der Waals surface area contributed by atoms with Gasteiger partial charge < -0.3 is 5.11 Å². The molecule has 6 heterocycles. The van der Waals surface area contributed by atoms with Gasteiger partial charge >= 0.3 is 12.1 Å². The maximum atomic E-state index is 10.8.